The molecule has 1 amide bonds. The SMILES string of the molecule is CC(C)(C)n1cc(CN2CCCC2c2nc(C(=O)NC3CC3)no2)cn1. The summed E-state index contributed by atoms with van der Waals surface area (Å²) < 4.78 is 7.40. The van der Waals surface area contributed by atoms with Crippen LogP contribution >= 0.6 is 0 Å². The van der Waals surface area contributed by atoms with Crippen LogP contribution in [-0.4, -0.2) is 43.3 Å². The van der Waals surface area contributed by atoms with Crippen molar-refractivity contribution < 1.29 is 9.32 Å². The van der Waals surface area contributed by atoms with Crippen molar-refractivity contribution in [3.63, 3.8) is 0 Å². The third kappa shape index (κ3) is 3.65. The van der Waals surface area contributed by atoms with E-state index in [0.717, 1.165) is 44.3 Å². The van der Waals surface area contributed by atoms with Gasteiger partial charge < -0.3 is 9.84 Å². The Labute approximate surface area is 152 Å². The van der Waals surface area contributed by atoms with Crippen LogP contribution < -0.4 is 5.32 Å². The Hall–Kier alpha value is -2.22. The van der Waals surface area contributed by atoms with Gasteiger partial charge in [-0.3, -0.25) is 14.4 Å². The Morgan fingerprint density at radius 2 is 2.15 bits per heavy atom. The molecule has 0 bridgehead atoms. The third-order valence-electron chi connectivity index (χ3n) is 4.92. The van der Waals surface area contributed by atoms with Crippen LogP contribution in [0.4, 0.5) is 0 Å². The van der Waals surface area contributed by atoms with E-state index in [1.807, 2.05) is 10.9 Å². The molecule has 1 atom stereocenters. The van der Waals surface area contributed by atoms with Gasteiger partial charge in [-0.2, -0.15) is 10.1 Å². The number of nitrogens with one attached hydrogen (secondary N) is 1. The first-order valence-corrected chi connectivity index (χ1v) is 9.33. The molecule has 2 aliphatic rings. The van der Waals surface area contributed by atoms with Gasteiger partial charge in [-0.25, -0.2) is 0 Å². The van der Waals surface area contributed by atoms with Crippen molar-refractivity contribution >= 4 is 5.91 Å². The molecule has 2 aromatic heterocycles. The summed E-state index contributed by atoms with van der Waals surface area (Å²) >= 11 is 0. The normalized spacial score (nSPS) is 21.3. The first-order valence-electron chi connectivity index (χ1n) is 9.33. The van der Waals surface area contributed by atoms with Crippen molar-refractivity contribution in [3.05, 3.63) is 29.7 Å². The lowest BCUT2D eigenvalue weighted by molar-refractivity contribution is 0.0937. The molecule has 140 valence electrons. The van der Waals surface area contributed by atoms with E-state index >= 15 is 0 Å². The molecule has 8 heteroatoms. The van der Waals surface area contributed by atoms with Crippen molar-refractivity contribution in [2.75, 3.05) is 6.54 Å². The zero-order valence-corrected chi connectivity index (χ0v) is 15.6. The summed E-state index contributed by atoms with van der Waals surface area (Å²) in [6.07, 6.45) is 8.12. The van der Waals surface area contributed by atoms with Gasteiger partial charge in [0.05, 0.1) is 17.8 Å². The zero-order valence-electron chi connectivity index (χ0n) is 15.6. The quantitative estimate of drug-likeness (QED) is 0.882. The number of aromatic nitrogens is 4. The minimum absolute atomic E-state index is 0.0288. The predicted octanol–water partition coefficient (Wildman–Crippen LogP) is 2.25. The molecule has 2 fully saturated rings. The summed E-state index contributed by atoms with van der Waals surface area (Å²) in [5.74, 6) is 0.435. The lowest BCUT2D eigenvalue weighted by atomic mass is 10.1. The van der Waals surface area contributed by atoms with E-state index in [1.54, 1.807) is 0 Å². The number of rotatable bonds is 5. The van der Waals surface area contributed by atoms with Gasteiger partial charge in [0.25, 0.3) is 11.7 Å². The zero-order chi connectivity index (χ0) is 18.3. The highest BCUT2D eigenvalue weighted by Gasteiger charge is 2.33. The van der Waals surface area contributed by atoms with E-state index in [-0.39, 0.29) is 29.4 Å². The molecule has 1 aliphatic carbocycles. The standard InChI is InChI=1S/C18H26N6O2/c1-18(2,3)24-11-12(9-19-24)10-23-8-4-5-14(23)17-21-15(22-26-17)16(25)20-13-6-7-13/h9,11,13-14H,4-8,10H2,1-3H3,(H,20,25). The van der Waals surface area contributed by atoms with Crippen LogP contribution in [0.15, 0.2) is 16.9 Å². The summed E-state index contributed by atoms with van der Waals surface area (Å²) in [7, 11) is 0. The summed E-state index contributed by atoms with van der Waals surface area (Å²) in [4.78, 5) is 18.7. The first-order chi connectivity index (χ1) is 12.4. The van der Waals surface area contributed by atoms with Crippen molar-refractivity contribution in [1.29, 1.82) is 0 Å². The minimum atomic E-state index is -0.237. The fourth-order valence-electron chi connectivity index (χ4n) is 3.28. The Morgan fingerprint density at radius 1 is 1.35 bits per heavy atom. The van der Waals surface area contributed by atoms with Crippen LogP contribution in [0.1, 0.15) is 74.6 Å². The van der Waals surface area contributed by atoms with E-state index in [1.165, 1.54) is 0 Å². The average Bonchev–Trinajstić information content (AvgIpc) is 3.01. The molecule has 1 aliphatic heterocycles. The van der Waals surface area contributed by atoms with Crippen molar-refractivity contribution in [3.8, 4) is 0 Å². The Bertz CT molecular complexity index is 786. The summed E-state index contributed by atoms with van der Waals surface area (Å²) in [5.41, 5.74) is 1.14. The highest BCUT2D eigenvalue weighted by Crippen LogP contribution is 2.32. The van der Waals surface area contributed by atoms with Gasteiger partial charge >= 0.3 is 0 Å². The number of carbonyl (C=O) groups excluding carboxylic acids is 1. The fourth-order valence-corrected chi connectivity index (χ4v) is 3.28. The maximum atomic E-state index is 12.1. The Morgan fingerprint density at radius 3 is 2.85 bits per heavy atom. The largest absolute Gasteiger partial charge is 0.346 e. The van der Waals surface area contributed by atoms with E-state index in [2.05, 4.69) is 52.4 Å². The Kier molecular flexibility index (Phi) is 4.30. The van der Waals surface area contributed by atoms with E-state index in [0.29, 0.717) is 5.89 Å². The molecule has 8 nitrogen and oxygen atoms in total. The van der Waals surface area contributed by atoms with Crippen LogP contribution in [0.2, 0.25) is 0 Å². The molecule has 26 heavy (non-hydrogen) atoms. The summed E-state index contributed by atoms with van der Waals surface area (Å²) in [5, 5.41) is 11.2. The second-order valence-corrected chi connectivity index (χ2v) is 8.30. The molecule has 0 aromatic carbocycles. The van der Waals surface area contributed by atoms with Crippen molar-refractivity contribution in [1.82, 2.24) is 30.1 Å². The van der Waals surface area contributed by atoms with Crippen LogP contribution in [0.3, 0.4) is 0 Å². The molecule has 1 saturated heterocycles. The van der Waals surface area contributed by atoms with Crippen LogP contribution in [0.5, 0.6) is 0 Å². The van der Waals surface area contributed by atoms with Crippen LogP contribution in [0.25, 0.3) is 0 Å². The highest BCUT2D eigenvalue weighted by atomic mass is 16.5. The molecule has 1 saturated carbocycles. The van der Waals surface area contributed by atoms with Crippen LogP contribution in [0, 0.1) is 0 Å². The molecule has 1 N–H and O–H groups in total. The number of amides is 1. The first kappa shape index (κ1) is 17.2. The number of likely N-dealkylation sites (tertiary alicyclic amines) is 1. The minimum Gasteiger partial charge on any atom is -0.346 e. The number of carbonyl (C=O) groups is 1. The molecule has 4 rings (SSSR count). The molecule has 0 spiro atoms. The van der Waals surface area contributed by atoms with Crippen molar-refractivity contribution in [2.24, 2.45) is 0 Å². The van der Waals surface area contributed by atoms with Gasteiger partial charge in [-0.15, -0.1) is 0 Å². The molecular formula is C18H26N6O2. The monoisotopic (exact) mass is 358 g/mol. The van der Waals surface area contributed by atoms with Gasteiger partial charge in [0.1, 0.15) is 0 Å². The topological polar surface area (TPSA) is 89.1 Å². The molecule has 3 heterocycles. The van der Waals surface area contributed by atoms with E-state index < -0.39 is 0 Å². The summed E-state index contributed by atoms with van der Waals surface area (Å²) in [6, 6.07) is 0.342. The van der Waals surface area contributed by atoms with Crippen LogP contribution in [-0.2, 0) is 12.1 Å². The number of hydrogen-bond acceptors (Lipinski definition) is 6. The third-order valence-corrected chi connectivity index (χ3v) is 4.92. The fraction of sp³-hybridized carbons (Fsp3) is 0.667. The van der Waals surface area contributed by atoms with Gasteiger partial charge in [-0.1, -0.05) is 5.16 Å². The van der Waals surface area contributed by atoms with Gasteiger partial charge in [0.15, 0.2) is 0 Å². The summed E-state index contributed by atoms with van der Waals surface area (Å²) in [6.45, 7) is 8.16. The molecule has 1 unspecified atom stereocenters. The smallest absolute Gasteiger partial charge is 0.292 e. The Balaban J connectivity index is 1.44. The molecule has 2 aromatic rings. The van der Waals surface area contributed by atoms with Crippen molar-refractivity contribution in [2.45, 2.75) is 70.6 Å². The van der Waals surface area contributed by atoms with E-state index in [9.17, 15) is 4.79 Å². The maximum Gasteiger partial charge on any atom is 0.292 e. The maximum absolute atomic E-state index is 12.1. The second kappa shape index (κ2) is 6.50. The average molecular weight is 358 g/mol. The predicted molar refractivity (Wildman–Crippen MR) is 94.4 cm³/mol. The number of nitrogens with zero attached hydrogens (tertiary/aromatic N) is 5. The second-order valence-electron chi connectivity index (χ2n) is 8.30. The lowest BCUT2D eigenvalue weighted by Crippen LogP contribution is -2.27. The van der Waals surface area contributed by atoms with E-state index in [4.69, 9.17) is 4.52 Å². The molecule has 0 radical (unpaired) electrons. The van der Waals surface area contributed by atoms with Gasteiger partial charge in [0, 0.05) is 24.3 Å². The molecular weight excluding hydrogens is 332 g/mol. The van der Waals surface area contributed by atoms with Gasteiger partial charge in [0.2, 0.25) is 5.89 Å². The number of hydrogen-bond donors (Lipinski definition) is 1. The lowest BCUT2D eigenvalue weighted by Gasteiger charge is -2.21. The highest BCUT2D eigenvalue weighted by molar-refractivity contribution is 5.90. The van der Waals surface area contributed by atoms with Gasteiger partial charge in [-0.05, 0) is 53.0 Å².